The summed E-state index contributed by atoms with van der Waals surface area (Å²) in [7, 11) is 1.36. The van der Waals surface area contributed by atoms with Gasteiger partial charge in [0.15, 0.2) is 0 Å². The van der Waals surface area contributed by atoms with Crippen LogP contribution in [0.4, 0.5) is 4.79 Å². The van der Waals surface area contributed by atoms with E-state index in [1.807, 2.05) is 54.6 Å². The molecule has 3 N–H and O–H groups in total. The highest BCUT2D eigenvalue weighted by atomic mass is 16.5. The second-order valence-corrected chi connectivity index (χ2v) is 12.1. The Morgan fingerprint density at radius 2 is 1.28 bits per heavy atom. The number of fused-ring (bicyclic) bond motifs is 3. The summed E-state index contributed by atoms with van der Waals surface area (Å²) in [5, 5.41) is 14.4. The fourth-order valence-electron chi connectivity index (χ4n) is 5.96. The minimum Gasteiger partial charge on any atom is -0.480 e. The van der Waals surface area contributed by atoms with Crippen molar-refractivity contribution in [2.75, 3.05) is 13.7 Å². The maximum Gasteiger partial charge on any atom is 0.407 e. The number of carbonyl (C=O) groups is 5. The summed E-state index contributed by atoms with van der Waals surface area (Å²) in [4.78, 5) is 66.5. The normalized spacial score (nSPS) is 13.5. The molecule has 0 unspecified atom stereocenters. The van der Waals surface area contributed by atoms with Gasteiger partial charge < -0.3 is 30.1 Å². The Balaban J connectivity index is 1.34. The van der Waals surface area contributed by atoms with Gasteiger partial charge in [0.1, 0.15) is 31.3 Å². The van der Waals surface area contributed by atoms with Crippen LogP contribution < -0.4 is 10.6 Å². The lowest BCUT2D eigenvalue weighted by molar-refractivity contribution is -0.149. The lowest BCUT2D eigenvalue weighted by atomic mass is 9.98. The molecule has 258 valence electrons. The Kier molecular flexibility index (Phi) is 11.6. The molecule has 0 aliphatic heterocycles. The first-order valence-electron chi connectivity index (χ1n) is 16.3. The Labute approximate surface area is 290 Å². The molecule has 0 bridgehead atoms. The van der Waals surface area contributed by atoms with Crippen LogP contribution in [-0.2, 0) is 41.7 Å². The number of alkyl carbamates (subject to hydrolysis) is 1. The number of carboxylic acid groups (broad SMARTS) is 1. The number of rotatable bonds is 14. The van der Waals surface area contributed by atoms with E-state index in [1.54, 1.807) is 54.6 Å². The average molecular weight is 678 g/mol. The zero-order chi connectivity index (χ0) is 35.6. The lowest BCUT2D eigenvalue weighted by Gasteiger charge is -2.31. The van der Waals surface area contributed by atoms with Crippen LogP contribution in [0.25, 0.3) is 11.1 Å². The van der Waals surface area contributed by atoms with Gasteiger partial charge in [0.2, 0.25) is 11.8 Å². The number of benzene rings is 4. The number of nitrogens with zero attached hydrogens (tertiary/aromatic N) is 1. The molecular formula is C39H39N3O8. The number of likely N-dealkylation sites (N-methyl/N-ethyl adjacent to an activating group) is 1. The van der Waals surface area contributed by atoms with Crippen LogP contribution in [0.2, 0.25) is 0 Å². The van der Waals surface area contributed by atoms with E-state index in [-0.39, 0.29) is 25.6 Å². The van der Waals surface area contributed by atoms with Gasteiger partial charge in [-0.3, -0.25) is 19.2 Å². The summed E-state index contributed by atoms with van der Waals surface area (Å²) in [6, 6.07) is 29.7. The quantitative estimate of drug-likeness (QED) is 0.163. The molecule has 11 nitrogen and oxygen atoms in total. The minimum absolute atomic E-state index is 0.0266. The maximum absolute atomic E-state index is 14.1. The first-order chi connectivity index (χ1) is 24.1. The lowest BCUT2D eigenvalue weighted by Crippen LogP contribution is -2.57. The van der Waals surface area contributed by atoms with E-state index in [9.17, 15) is 29.1 Å². The fraction of sp³-hybridized carbons (Fsp3) is 0.256. The highest BCUT2D eigenvalue weighted by Crippen LogP contribution is 2.44. The average Bonchev–Trinajstić information content (AvgIpc) is 3.45. The Morgan fingerprint density at radius 3 is 1.86 bits per heavy atom. The van der Waals surface area contributed by atoms with Crippen molar-refractivity contribution >= 4 is 29.8 Å². The van der Waals surface area contributed by atoms with Gasteiger partial charge in [0.25, 0.3) is 0 Å². The molecule has 0 fully saturated rings. The van der Waals surface area contributed by atoms with Crippen LogP contribution in [-0.4, -0.2) is 71.6 Å². The van der Waals surface area contributed by atoms with Crippen LogP contribution in [0.1, 0.15) is 41.5 Å². The molecule has 4 aromatic rings. The summed E-state index contributed by atoms with van der Waals surface area (Å²) >= 11 is 0. The van der Waals surface area contributed by atoms with E-state index >= 15 is 0 Å². The second kappa shape index (κ2) is 16.4. The highest BCUT2D eigenvalue weighted by molar-refractivity contribution is 5.94. The monoisotopic (exact) mass is 677 g/mol. The van der Waals surface area contributed by atoms with E-state index in [0.717, 1.165) is 32.7 Å². The molecule has 1 aliphatic carbocycles. The van der Waals surface area contributed by atoms with Crippen LogP contribution in [0, 0.1) is 0 Å². The third kappa shape index (κ3) is 8.73. The number of hydrogen-bond donors (Lipinski definition) is 3. The molecular weight excluding hydrogens is 638 g/mol. The number of ether oxygens (including phenoxy) is 2. The van der Waals surface area contributed by atoms with Crippen molar-refractivity contribution in [1.82, 2.24) is 15.5 Å². The smallest absolute Gasteiger partial charge is 0.407 e. The van der Waals surface area contributed by atoms with Crippen molar-refractivity contribution < 1.29 is 38.6 Å². The van der Waals surface area contributed by atoms with Crippen molar-refractivity contribution in [2.45, 2.75) is 50.4 Å². The van der Waals surface area contributed by atoms with Gasteiger partial charge in [-0.05, 0) is 40.3 Å². The maximum atomic E-state index is 14.1. The highest BCUT2D eigenvalue weighted by Gasteiger charge is 2.36. The number of amides is 3. The minimum atomic E-state index is -1.47. The number of carboxylic acids is 1. The van der Waals surface area contributed by atoms with Gasteiger partial charge in [0, 0.05) is 19.4 Å². The van der Waals surface area contributed by atoms with E-state index < -0.39 is 54.4 Å². The largest absolute Gasteiger partial charge is 0.480 e. The molecule has 50 heavy (non-hydrogen) atoms. The standard InChI is InChI=1S/C39H39N3O8/c1-25(38(46)47)40-36(44)34(21-26-13-5-3-6-14-26)42(2)37(45)33(22-35(43)49-23-27-15-7-4-8-16-27)41-39(48)50-24-32-30-19-11-9-17-28(30)29-18-10-12-20-31(29)32/h3-20,25,32-34H,21-24H2,1-2H3,(H,40,44)(H,41,48)(H,46,47)/t25-,33-,34-/m0/s1. The molecule has 3 amide bonds. The Hall–Kier alpha value is -5.97. The molecule has 3 atom stereocenters. The van der Waals surface area contributed by atoms with Crippen LogP contribution in [0.5, 0.6) is 0 Å². The van der Waals surface area contributed by atoms with Gasteiger partial charge in [0.05, 0.1) is 6.42 Å². The van der Waals surface area contributed by atoms with Crippen molar-refractivity contribution in [3.8, 4) is 11.1 Å². The number of esters is 1. The predicted molar refractivity (Wildman–Crippen MR) is 185 cm³/mol. The van der Waals surface area contributed by atoms with Gasteiger partial charge in [-0.15, -0.1) is 0 Å². The first kappa shape index (κ1) is 35.3. The Bertz CT molecular complexity index is 1790. The SMILES string of the molecule is C[C@H](NC(=O)[C@H](Cc1ccccc1)N(C)C(=O)[C@H](CC(=O)OCc1ccccc1)NC(=O)OCC1c2ccccc2-c2ccccc21)C(=O)O. The molecule has 0 heterocycles. The van der Waals surface area contributed by atoms with Crippen LogP contribution >= 0.6 is 0 Å². The fourth-order valence-corrected chi connectivity index (χ4v) is 5.96. The van der Waals surface area contributed by atoms with Crippen molar-refractivity contribution in [1.29, 1.82) is 0 Å². The Morgan fingerprint density at radius 1 is 0.740 bits per heavy atom. The van der Waals surface area contributed by atoms with Crippen LogP contribution in [0.15, 0.2) is 109 Å². The second-order valence-electron chi connectivity index (χ2n) is 12.1. The molecule has 0 aromatic heterocycles. The third-order valence-corrected chi connectivity index (χ3v) is 8.67. The van der Waals surface area contributed by atoms with E-state index in [4.69, 9.17) is 9.47 Å². The molecule has 0 saturated carbocycles. The molecule has 1 aliphatic rings. The molecule has 0 saturated heterocycles. The number of hydrogen-bond acceptors (Lipinski definition) is 7. The van der Waals surface area contributed by atoms with Crippen LogP contribution in [0.3, 0.4) is 0 Å². The summed E-state index contributed by atoms with van der Waals surface area (Å²) < 4.78 is 11.1. The van der Waals surface area contributed by atoms with Crippen molar-refractivity contribution in [3.63, 3.8) is 0 Å². The topological polar surface area (TPSA) is 151 Å². The number of aliphatic carboxylic acids is 1. The molecule has 4 aromatic carbocycles. The molecule has 0 radical (unpaired) electrons. The third-order valence-electron chi connectivity index (χ3n) is 8.67. The summed E-state index contributed by atoms with van der Waals surface area (Å²) in [6.07, 6.45) is -1.44. The predicted octanol–water partition coefficient (Wildman–Crippen LogP) is 4.69. The zero-order valence-corrected chi connectivity index (χ0v) is 27.8. The van der Waals surface area contributed by atoms with Crippen molar-refractivity contribution in [2.24, 2.45) is 0 Å². The number of nitrogens with one attached hydrogen (secondary N) is 2. The van der Waals surface area contributed by atoms with Gasteiger partial charge in [-0.2, -0.15) is 0 Å². The molecule has 11 heteroatoms. The first-order valence-corrected chi connectivity index (χ1v) is 16.3. The van der Waals surface area contributed by atoms with Crippen molar-refractivity contribution in [3.05, 3.63) is 131 Å². The molecule has 0 spiro atoms. The van der Waals surface area contributed by atoms with E-state index in [0.29, 0.717) is 5.56 Å². The van der Waals surface area contributed by atoms with E-state index in [2.05, 4.69) is 10.6 Å². The van der Waals surface area contributed by atoms with Gasteiger partial charge >= 0.3 is 18.0 Å². The molecule has 5 rings (SSSR count). The van der Waals surface area contributed by atoms with Gasteiger partial charge in [-0.1, -0.05) is 109 Å². The zero-order valence-electron chi connectivity index (χ0n) is 27.8. The summed E-state index contributed by atoms with van der Waals surface area (Å²) in [5.41, 5.74) is 5.55. The van der Waals surface area contributed by atoms with E-state index in [1.165, 1.54) is 14.0 Å². The number of carbonyl (C=O) groups excluding carboxylic acids is 4. The van der Waals surface area contributed by atoms with Gasteiger partial charge in [-0.25, -0.2) is 4.79 Å². The summed E-state index contributed by atoms with van der Waals surface area (Å²) in [5.74, 6) is -3.73. The summed E-state index contributed by atoms with van der Waals surface area (Å²) in [6.45, 7) is 1.24.